The highest BCUT2D eigenvalue weighted by molar-refractivity contribution is 6.12. The first kappa shape index (κ1) is 11.3. The molecule has 0 heteroatoms. The van der Waals surface area contributed by atoms with Gasteiger partial charge in [0, 0.05) is 0 Å². The Morgan fingerprint density at radius 1 is 0.444 bits per heavy atom. The summed E-state index contributed by atoms with van der Waals surface area (Å²) in [6.07, 6.45) is 0. The third-order valence-electron chi connectivity index (χ3n) is 4.01. The Bertz CT molecular complexity index is 697. The molecule has 0 saturated carbocycles. The Hall–Kier alpha value is -1.82. The van der Waals surface area contributed by atoms with Gasteiger partial charge in [-0.05, 0) is 71.5 Å². The Kier molecular flexibility index (Phi) is 2.41. The summed E-state index contributed by atoms with van der Waals surface area (Å²) in [6, 6.07) is 13.4. The molecule has 3 aromatic rings. The molecule has 0 radical (unpaired) electrons. The van der Waals surface area contributed by atoms with E-state index < -0.39 is 0 Å². The van der Waals surface area contributed by atoms with Crippen molar-refractivity contribution in [2.45, 2.75) is 27.7 Å². The third-order valence-corrected chi connectivity index (χ3v) is 4.01. The van der Waals surface area contributed by atoms with Crippen molar-refractivity contribution in [2.24, 2.45) is 0 Å². The van der Waals surface area contributed by atoms with Crippen LogP contribution in [-0.2, 0) is 0 Å². The van der Waals surface area contributed by atoms with Crippen LogP contribution in [0.25, 0.3) is 21.5 Å². The highest BCUT2D eigenvalue weighted by Gasteiger charge is 2.08. The van der Waals surface area contributed by atoms with E-state index in [0.29, 0.717) is 0 Å². The van der Waals surface area contributed by atoms with E-state index >= 15 is 0 Å². The molecule has 0 nitrogen and oxygen atoms in total. The van der Waals surface area contributed by atoms with Crippen molar-refractivity contribution in [2.75, 3.05) is 0 Å². The lowest BCUT2D eigenvalue weighted by atomic mass is 9.91. The summed E-state index contributed by atoms with van der Waals surface area (Å²) in [7, 11) is 0. The summed E-state index contributed by atoms with van der Waals surface area (Å²) in [5.41, 5.74) is 5.46. The zero-order valence-electron chi connectivity index (χ0n) is 11.5. The lowest BCUT2D eigenvalue weighted by Crippen LogP contribution is -1.89. The number of rotatable bonds is 0. The van der Waals surface area contributed by atoms with Crippen LogP contribution in [0, 0.1) is 27.7 Å². The third kappa shape index (κ3) is 1.45. The second kappa shape index (κ2) is 3.84. The molecule has 0 aliphatic heterocycles. The topological polar surface area (TPSA) is 0 Å². The van der Waals surface area contributed by atoms with Crippen LogP contribution in [0.1, 0.15) is 22.3 Å². The van der Waals surface area contributed by atoms with Gasteiger partial charge < -0.3 is 0 Å². The smallest absolute Gasteiger partial charge is 0.00707 e. The van der Waals surface area contributed by atoms with E-state index in [4.69, 9.17) is 0 Å². The standard InChI is InChI=1S/C18H18/c1-11-5-7-13(3)17-15(11)9-10-16-12(2)6-8-14(4)18(16)17/h5-10H,1-4H3. The summed E-state index contributed by atoms with van der Waals surface area (Å²) in [4.78, 5) is 0. The minimum atomic E-state index is 1.36. The van der Waals surface area contributed by atoms with Gasteiger partial charge in [-0.1, -0.05) is 36.4 Å². The van der Waals surface area contributed by atoms with E-state index in [0.717, 1.165) is 0 Å². The first-order valence-corrected chi connectivity index (χ1v) is 6.48. The van der Waals surface area contributed by atoms with Gasteiger partial charge in [-0.2, -0.15) is 0 Å². The van der Waals surface area contributed by atoms with Crippen molar-refractivity contribution in [3.63, 3.8) is 0 Å². The molecule has 0 aromatic heterocycles. The number of benzene rings is 3. The van der Waals surface area contributed by atoms with Gasteiger partial charge in [-0.25, -0.2) is 0 Å². The second-order valence-electron chi connectivity index (χ2n) is 5.31. The van der Waals surface area contributed by atoms with Gasteiger partial charge in [0.1, 0.15) is 0 Å². The number of hydrogen-bond donors (Lipinski definition) is 0. The summed E-state index contributed by atoms with van der Waals surface area (Å²) in [6.45, 7) is 8.81. The Morgan fingerprint density at radius 2 is 0.778 bits per heavy atom. The number of fused-ring (bicyclic) bond motifs is 3. The normalized spacial score (nSPS) is 11.3. The molecule has 0 fully saturated rings. The van der Waals surface area contributed by atoms with Crippen molar-refractivity contribution in [3.05, 3.63) is 58.7 Å². The van der Waals surface area contributed by atoms with E-state index in [9.17, 15) is 0 Å². The van der Waals surface area contributed by atoms with Gasteiger partial charge >= 0.3 is 0 Å². The Labute approximate surface area is 108 Å². The van der Waals surface area contributed by atoms with Crippen LogP contribution in [0.3, 0.4) is 0 Å². The molecule has 0 bridgehead atoms. The van der Waals surface area contributed by atoms with E-state index in [1.165, 1.54) is 43.8 Å². The monoisotopic (exact) mass is 234 g/mol. The van der Waals surface area contributed by atoms with E-state index in [1.807, 2.05) is 0 Å². The Balaban J connectivity index is 2.69. The predicted molar refractivity (Wildman–Crippen MR) is 80.4 cm³/mol. The van der Waals surface area contributed by atoms with Crippen LogP contribution < -0.4 is 0 Å². The van der Waals surface area contributed by atoms with Crippen molar-refractivity contribution in [1.82, 2.24) is 0 Å². The summed E-state index contributed by atoms with van der Waals surface area (Å²) < 4.78 is 0. The van der Waals surface area contributed by atoms with Crippen LogP contribution in [0.2, 0.25) is 0 Å². The van der Waals surface area contributed by atoms with E-state index in [-0.39, 0.29) is 0 Å². The molecule has 0 unspecified atom stereocenters. The first-order chi connectivity index (χ1) is 8.59. The zero-order chi connectivity index (χ0) is 12.9. The molecule has 90 valence electrons. The maximum Gasteiger partial charge on any atom is -0.00707 e. The maximum atomic E-state index is 2.27. The van der Waals surface area contributed by atoms with Crippen LogP contribution in [0.5, 0.6) is 0 Å². The van der Waals surface area contributed by atoms with Crippen LogP contribution in [0.4, 0.5) is 0 Å². The van der Waals surface area contributed by atoms with Crippen molar-refractivity contribution < 1.29 is 0 Å². The number of hydrogen-bond acceptors (Lipinski definition) is 0. The summed E-state index contributed by atoms with van der Waals surface area (Å²) >= 11 is 0. The first-order valence-electron chi connectivity index (χ1n) is 6.48. The average Bonchev–Trinajstić information content (AvgIpc) is 2.37. The lowest BCUT2D eigenvalue weighted by Gasteiger charge is -2.13. The Morgan fingerprint density at radius 3 is 1.17 bits per heavy atom. The fraction of sp³-hybridized carbons (Fsp3) is 0.222. The molecule has 0 aliphatic rings. The maximum absolute atomic E-state index is 2.27. The van der Waals surface area contributed by atoms with Gasteiger partial charge in [0.05, 0.1) is 0 Å². The largest absolute Gasteiger partial charge is 0.0584 e. The fourth-order valence-electron chi connectivity index (χ4n) is 2.93. The van der Waals surface area contributed by atoms with E-state index in [1.54, 1.807) is 0 Å². The molecule has 0 aliphatic carbocycles. The van der Waals surface area contributed by atoms with Crippen LogP contribution >= 0.6 is 0 Å². The number of aryl methyl sites for hydroxylation is 4. The van der Waals surface area contributed by atoms with Crippen molar-refractivity contribution >= 4 is 21.5 Å². The molecule has 3 rings (SSSR count). The molecule has 0 saturated heterocycles. The van der Waals surface area contributed by atoms with Crippen molar-refractivity contribution in [1.29, 1.82) is 0 Å². The molecule has 0 amide bonds. The average molecular weight is 234 g/mol. The molecular weight excluding hydrogens is 216 g/mol. The summed E-state index contributed by atoms with van der Waals surface area (Å²) in [5.74, 6) is 0. The second-order valence-corrected chi connectivity index (χ2v) is 5.31. The summed E-state index contributed by atoms with van der Waals surface area (Å²) in [5, 5.41) is 5.62. The minimum absolute atomic E-state index is 1.36. The highest BCUT2D eigenvalue weighted by atomic mass is 14.1. The minimum Gasteiger partial charge on any atom is -0.0584 e. The molecule has 3 aromatic carbocycles. The molecular formula is C18H18. The van der Waals surface area contributed by atoms with Crippen LogP contribution in [0.15, 0.2) is 36.4 Å². The van der Waals surface area contributed by atoms with E-state index in [2.05, 4.69) is 64.1 Å². The SMILES string of the molecule is Cc1ccc(C)c2c1ccc1c(C)ccc(C)c12. The lowest BCUT2D eigenvalue weighted by molar-refractivity contribution is 1.44. The molecule has 18 heavy (non-hydrogen) atoms. The quantitative estimate of drug-likeness (QED) is 0.467. The molecule has 0 N–H and O–H groups in total. The molecule has 0 heterocycles. The zero-order valence-corrected chi connectivity index (χ0v) is 11.5. The fourth-order valence-corrected chi connectivity index (χ4v) is 2.93. The van der Waals surface area contributed by atoms with Crippen molar-refractivity contribution in [3.8, 4) is 0 Å². The predicted octanol–water partition coefficient (Wildman–Crippen LogP) is 5.23. The highest BCUT2D eigenvalue weighted by Crippen LogP contribution is 2.33. The van der Waals surface area contributed by atoms with Gasteiger partial charge in [0.25, 0.3) is 0 Å². The van der Waals surface area contributed by atoms with Gasteiger partial charge in [0.15, 0.2) is 0 Å². The van der Waals surface area contributed by atoms with Gasteiger partial charge in [-0.3, -0.25) is 0 Å². The molecule has 0 atom stereocenters. The molecule has 0 spiro atoms. The van der Waals surface area contributed by atoms with Gasteiger partial charge in [0.2, 0.25) is 0 Å². The van der Waals surface area contributed by atoms with Crippen LogP contribution in [-0.4, -0.2) is 0 Å². The van der Waals surface area contributed by atoms with Gasteiger partial charge in [-0.15, -0.1) is 0 Å².